The summed E-state index contributed by atoms with van der Waals surface area (Å²) in [6, 6.07) is 23.8. The maximum absolute atomic E-state index is 12.1. The van der Waals surface area contributed by atoms with Crippen LogP contribution in [0.3, 0.4) is 0 Å². The van der Waals surface area contributed by atoms with Crippen molar-refractivity contribution in [3.63, 3.8) is 0 Å². The molecule has 0 aliphatic carbocycles. The fraction of sp³-hybridized carbons (Fsp3) is 0.293. The van der Waals surface area contributed by atoms with E-state index < -0.39 is 0 Å². The second-order valence-electron chi connectivity index (χ2n) is 12.1. The van der Waals surface area contributed by atoms with Crippen LogP contribution in [0.5, 0.6) is 11.5 Å². The number of hydrogen-bond donors (Lipinski definition) is 2. The van der Waals surface area contributed by atoms with Crippen molar-refractivity contribution in [2.24, 2.45) is 9.98 Å². The second-order valence-corrected chi connectivity index (χ2v) is 13.8. The molecule has 2 aliphatic heterocycles. The molecule has 0 bridgehead atoms. The van der Waals surface area contributed by atoms with E-state index in [1.54, 1.807) is 44.6 Å². The molecule has 0 fully saturated rings. The zero-order valence-corrected chi connectivity index (χ0v) is 34.3. The molecule has 2 heterocycles. The maximum atomic E-state index is 12.1. The summed E-state index contributed by atoms with van der Waals surface area (Å²) in [5.74, 6) is 0.517. The third-order valence-electron chi connectivity index (χ3n) is 8.22. The van der Waals surface area contributed by atoms with Crippen LogP contribution >= 0.6 is 39.1 Å². The van der Waals surface area contributed by atoms with Crippen LogP contribution < -0.4 is 20.1 Å². The van der Waals surface area contributed by atoms with Crippen LogP contribution in [0.25, 0.3) is 0 Å². The number of amides is 2. The monoisotopic (exact) mass is 997 g/mol. The molecule has 0 radical (unpaired) electrons. The number of ether oxygens (including phenoxy) is 6. The summed E-state index contributed by atoms with van der Waals surface area (Å²) >= 11 is 16.2. The van der Waals surface area contributed by atoms with Crippen LogP contribution in [0.1, 0.15) is 27.8 Å². The molecular formula is C41H43BrCl2InN5O8. The Kier molecular flexibility index (Phi) is 19.5. The van der Waals surface area contributed by atoms with E-state index in [1.165, 1.54) is 0 Å². The number of fused-ring (bicyclic) bond motifs is 2. The summed E-state index contributed by atoms with van der Waals surface area (Å²) in [4.78, 5) is 33.2. The molecule has 4 aromatic carbocycles. The van der Waals surface area contributed by atoms with E-state index in [0.29, 0.717) is 107 Å². The van der Waals surface area contributed by atoms with Crippen molar-refractivity contribution in [1.82, 2.24) is 0 Å². The standard InChI is InChI=1S/C21H20ClN3O4.C20H20BrClN2O4.In.3H/c1-27-6-7-28-8-9-29-19-11-18-16(10-14(19)12-23)21(24-13-20(26)25-18)15-4-2-3-5-17(15)22;1-26-6-7-27-8-9-28-18-11-17-14(10-15(18)21)20(23-12-19(25)24-17)13-4-2-3-5-16(13)22;;;;/h2-5,10-11H,6-9,13H2,1H3,(H,25,26);2-5,10-11H,6-9,12H2,1H3,(H,24,25);;;;. The van der Waals surface area contributed by atoms with Crippen molar-refractivity contribution in [2.75, 3.05) is 90.8 Å². The number of nitriles is 1. The molecule has 0 unspecified atom stereocenters. The van der Waals surface area contributed by atoms with Crippen molar-refractivity contribution in [3.8, 4) is 17.6 Å². The normalized spacial score (nSPS) is 13.0. The number of benzene rings is 4. The molecule has 2 aliphatic rings. The van der Waals surface area contributed by atoms with Crippen LogP contribution in [0, 0.1) is 11.3 Å². The molecular weight excluding hydrogens is 956 g/mol. The zero-order valence-electron chi connectivity index (χ0n) is 31.2. The van der Waals surface area contributed by atoms with Gasteiger partial charge in [-0.25, -0.2) is 0 Å². The van der Waals surface area contributed by atoms with Gasteiger partial charge in [0.15, 0.2) is 0 Å². The molecule has 13 nitrogen and oxygen atoms in total. The molecule has 2 N–H and O–H groups in total. The molecule has 58 heavy (non-hydrogen) atoms. The zero-order chi connectivity index (χ0) is 40.6. The van der Waals surface area contributed by atoms with Gasteiger partial charge in [0.25, 0.3) is 0 Å². The Balaban J connectivity index is 0.000000252. The van der Waals surface area contributed by atoms with E-state index in [4.69, 9.17) is 51.6 Å². The Morgan fingerprint density at radius 3 is 1.59 bits per heavy atom. The van der Waals surface area contributed by atoms with Gasteiger partial charge in [-0.15, -0.1) is 0 Å². The van der Waals surface area contributed by atoms with E-state index in [9.17, 15) is 14.9 Å². The fourth-order valence-electron chi connectivity index (χ4n) is 5.58. The van der Waals surface area contributed by atoms with Gasteiger partial charge < -0.3 is 39.1 Å². The number of carbonyl (C=O) groups is 2. The van der Waals surface area contributed by atoms with Gasteiger partial charge in [-0.2, -0.15) is 5.26 Å². The summed E-state index contributed by atoms with van der Waals surface area (Å²) in [7, 11) is 3.23. The predicted octanol–water partition coefficient (Wildman–Crippen LogP) is 5.79. The van der Waals surface area contributed by atoms with Crippen LogP contribution in [0.15, 0.2) is 87.3 Å². The SMILES string of the molecule is COCCOCCOc1cc2c(cc1Br)C(c1ccccc1Cl)=NCC(=O)N2.COCCOCCOc1cc2c(cc1C#N)C(c1ccccc1Cl)=NCC(=O)N2.[InH3]. The van der Waals surface area contributed by atoms with Gasteiger partial charge in [0.1, 0.15) is 43.9 Å². The number of hydrogen-bond acceptors (Lipinski definition) is 11. The first kappa shape index (κ1) is 46.7. The van der Waals surface area contributed by atoms with Crippen LogP contribution in [0.2, 0.25) is 10.0 Å². The van der Waals surface area contributed by atoms with Gasteiger partial charge in [0, 0.05) is 58.7 Å². The van der Waals surface area contributed by atoms with Gasteiger partial charge in [0.05, 0.1) is 72.5 Å². The summed E-state index contributed by atoms with van der Waals surface area (Å²) in [5, 5.41) is 16.4. The number of methoxy groups -OCH3 is 2. The van der Waals surface area contributed by atoms with E-state index >= 15 is 0 Å². The van der Waals surface area contributed by atoms with Gasteiger partial charge in [0.2, 0.25) is 11.8 Å². The van der Waals surface area contributed by atoms with Gasteiger partial charge in [-0.1, -0.05) is 59.6 Å². The third-order valence-corrected chi connectivity index (χ3v) is 9.50. The predicted molar refractivity (Wildman–Crippen MR) is 233 cm³/mol. The van der Waals surface area contributed by atoms with Crippen LogP contribution in [0.4, 0.5) is 11.4 Å². The molecule has 0 spiro atoms. The van der Waals surface area contributed by atoms with Gasteiger partial charge >= 0.3 is 25.8 Å². The summed E-state index contributed by atoms with van der Waals surface area (Å²) in [6.45, 7) is 3.42. The van der Waals surface area contributed by atoms with E-state index in [1.807, 2.05) is 42.5 Å². The van der Waals surface area contributed by atoms with Crippen molar-refractivity contribution in [3.05, 3.63) is 115 Å². The van der Waals surface area contributed by atoms with Crippen molar-refractivity contribution >= 4 is 99.6 Å². The molecule has 0 aromatic heterocycles. The summed E-state index contributed by atoms with van der Waals surface area (Å²) in [5.41, 5.74) is 5.53. The first-order valence-corrected chi connectivity index (χ1v) is 19.3. The Bertz CT molecular complexity index is 2170. The molecule has 304 valence electrons. The van der Waals surface area contributed by atoms with E-state index in [2.05, 4.69) is 42.6 Å². The summed E-state index contributed by atoms with van der Waals surface area (Å²) < 4.78 is 32.9. The fourth-order valence-corrected chi connectivity index (χ4v) is 6.49. The first-order chi connectivity index (χ1) is 27.7. The summed E-state index contributed by atoms with van der Waals surface area (Å²) in [6.07, 6.45) is 0. The first-order valence-electron chi connectivity index (χ1n) is 17.7. The number of nitrogens with zero attached hydrogens (tertiary/aromatic N) is 3. The van der Waals surface area contributed by atoms with Crippen LogP contribution in [-0.4, -0.2) is 129 Å². The minimum absolute atomic E-state index is 0. The second kappa shape index (κ2) is 24.2. The molecule has 0 saturated heterocycles. The Labute approximate surface area is 373 Å². The number of benzodiazepines with no additional fused rings is 2. The number of anilines is 2. The molecule has 17 heteroatoms. The number of nitrogens with one attached hydrogen (secondary N) is 2. The Hall–Kier alpha value is -3.98. The average Bonchev–Trinajstić information content (AvgIpc) is 3.47. The molecule has 0 saturated carbocycles. The van der Waals surface area contributed by atoms with E-state index in [0.717, 1.165) is 15.6 Å². The molecule has 0 atom stereocenters. The van der Waals surface area contributed by atoms with Gasteiger partial charge in [-0.05, 0) is 40.2 Å². The Morgan fingerprint density at radius 2 is 1.10 bits per heavy atom. The van der Waals surface area contributed by atoms with Gasteiger partial charge in [-0.3, -0.25) is 19.6 Å². The number of aliphatic imine (C=N–C) groups is 2. The van der Waals surface area contributed by atoms with E-state index in [-0.39, 0.29) is 57.4 Å². The minimum atomic E-state index is -0.258. The quantitative estimate of drug-likeness (QED) is 0.132. The van der Waals surface area contributed by atoms with Crippen molar-refractivity contribution in [1.29, 1.82) is 5.26 Å². The Morgan fingerprint density at radius 1 is 0.655 bits per heavy atom. The van der Waals surface area contributed by atoms with Crippen molar-refractivity contribution in [2.45, 2.75) is 0 Å². The third kappa shape index (κ3) is 13.0. The number of halogens is 3. The molecule has 6 rings (SSSR count). The average molecular weight is 999 g/mol. The number of rotatable bonds is 16. The number of carbonyl (C=O) groups excluding carboxylic acids is 2. The topological polar surface area (TPSA) is 162 Å². The molecule has 4 aromatic rings. The van der Waals surface area contributed by atoms with Crippen LogP contribution in [-0.2, 0) is 28.5 Å². The molecule has 2 amide bonds. The van der Waals surface area contributed by atoms with Crippen molar-refractivity contribution < 1.29 is 38.0 Å².